The number of carboxylic acids is 1. The number of barbiturate groups is 1. The van der Waals surface area contributed by atoms with Crippen LogP contribution < -0.4 is 15.3 Å². The molecule has 1 aromatic heterocycles. The number of aromatic carboxylic acids is 1. The summed E-state index contributed by atoms with van der Waals surface area (Å²) in [5, 5.41) is 13.8. The molecular formula is C23H13Cl2N2O6-. The SMILES string of the molecule is Cc1ccc(N2C(=O)NC(=O)/C(=C/c3ccc(-c4cc(C(=O)[O-])ccc4Cl)o3)C2=O)cc1Cl. The number of urea groups is 1. The number of imide groups is 2. The van der Waals surface area contributed by atoms with Crippen LogP contribution in [0.2, 0.25) is 10.0 Å². The number of hydrogen-bond acceptors (Lipinski definition) is 6. The zero-order chi connectivity index (χ0) is 23.9. The van der Waals surface area contributed by atoms with Crippen LogP contribution in [0.5, 0.6) is 0 Å². The molecule has 0 spiro atoms. The van der Waals surface area contributed by atoms with E-state index in [0.717, 1.165) is 10.5 Å². The summed E-state index contributed by atoms with van der Waals surface area (Å²) < 4.78 is 5.66. The van der Waals surface area contributed by atoms with Gasteiger partial charge >= 0.3 is 6.03 Å². The maximum atomic E-state index is 13.0. The van der Waals surface area contributed by atoms with E-state index in [1.165, 1.54) is 48.5 Å². The van der Waals surface area contributed by atoms with E-state index in [1.54, 1.807) is 13.0 Å². The Labute approximate surface area is 197 Å². The molecule has 1 N–H and O–H groups in total. The number of nitrogens with zero attached hydrogens (tertiary/aromatic N) is 1. The fourth-order valence-corrected chi connectivity index (χ4v) is 3.56. The summed E-state index contributed by atoms with van der Waals surface area (Å²) in [6.07, 6.45) is 1.17. The molecule has 10 heteroatoms. The predicted octanol–water partition coefficient (Wildman–Crippen LogP) is 3.59. The Bertz CT molecular complexity index is 1380. The first-order valence-electron chi connectivity index (χ1n) is 9.44. The van der Waals surface area contributed by atoms with Crippen LogP contribution in [0.4, 0.5) is 10.5 Å². The van der Waals surface area contributed by atoms with E-state index >= 15 is 0 Å². The van der Waals surface area contributed by atoms with Gasteiger partial charge in [0.2, 0.25) is 0 Å². The molecular weight excluding hydrogens is 471 g/mol. The molecule has 1 saturated heterocycles. The second kappa shape index (κ2) is 8.57. The van der Waals surface area contributed by atoms with E-state index in [2.05, 4.69) is 5.32 Å². The monoisotopic (exact) mass is 483 g/mol. The van der Waals surface area contributed by atoms with Gasteiger partial charge in [-0.05, 0) is 60.5 Å². The lowest BCUT2D eigenvalue weighted by Crippen LogP contribution is -2.54. The first-order chi connectivity index (χ1) is 15.7. The van der Waals surface area contributed by atoms with Gasteiger partial charge in [0.05, 0.1) is 16.7 Å². The average molecular weight is 484 g/mol. The fraction of sp³-hybridized carbons (Fsp3) is 0.0435. The second-order valence-corrected chi connectivity index (χ2v) is 7.89. The number of anilines is 1. The molecule has 3 aromatic rings. The van der Waals surface area contributed by atoms with Crippen molar-refractivity contribution in [1.82, 2.24) is 5.32 Å². The van der Waals surface area contributed by atoms with Crippen molar-refractivity contribution in [2.24, 2.45) is 0 Å². The summed E-state index contributed by atoms with van der Waals surface area (Å²) in [7, 11) is 0. The molecule has 1 aliphatic rings. The molecule has 1 aliphatic heterocycles. The molecule has 2 heterocycles. The molecule has 4 rings (SSSR count). The number of rotatable bonds is 4. The number of nitrogens with one attached hydrogen (secondary N) is 1. The lowest BCUT2D eigenvalue weighted by Gasteiger charge is -2.26. The van der Waals surface area contributed by atoms with Gasteiger partial charge in [0.1, 0.15) is 17.1 Å². The van der Waals surface area contributed by atoms with Gasteiger partial charge in [0, 0.05) is 10.6 Å². The molecule has 8 nitrogen and oxygen atoms in total. The largest absolute Gasteiger partial charge is 0.545 e. The number of carbonyl (C=O) groups excluding carboxylic acids is 4. The van der Waals surface area contributed by atoms with Gasteiger partial charge in [-0.1, -0.05) is 35.3 Å². The number of hydrogen-bond donors (Lipinski definition) is 1. The molecule has 0 aliphatic carbocycles. The Morgan fingerprint density at radius 3 is 2.48 bits per heavy atom. The van der Waals surface area contributed by atoms with Crippen molar-refractivity contribution >= 4 is 58.8 Å². The third-order valence-corrected chi connectivity index (χ3v) is 5.63. The Morgan fingerprint density at radius 1 is 1.03 bits per heavy atom. The maximum Gasteiger partial charge on any atom is 0.335 e. The third-order valence-electron chi connectivity index (χ3n) is 4.90. The van der Waals surface area contributed by atoms with Gasteiger partial charge in [0.25, 0.3) is 11.8 Å². The van der Waals surface area contributed by atoms with Crippen LogP contribution in [0.3, 0.4) is 0 Å². The van der Waals surface area contributed by atoms with Crippen molar-refractivity contribution in [2.45, 2.75) is 6.92 Å². The van der Waals surface area contributed by atoms with E-state index < -0.39 is 23.8 Å². The summed E-state index contributed by atoms with van der Waals surface area (Å²) in [5.41, 5.74) is 0.785. The number of halogens is 2. The summed E-state index contributed by atoms with van der Waals surface area (Å²) in [6, 6.07) is 10.6. The third kappa shape index (κ3) is 4.26. The quantitative estimate of drug-likeness (QED) is 0.447. The molecule has 166 valence electrons. The number of carbonyl (C=O) groups is 4. The second-order valence-electron chi connectivity index (χ2n) is 7.08. The number of furan rings is 1. The molecule has 1 fully saturated rings. The Hall–Kier alpha value is -3.88. The van der Waals surface area contributed by atoms with Crippen molar-refractivity contribution in [3.8, 4) is 11.3 Å². The summed E-state index contributed by atoms with van der Waals surface area (Å²) in [5.74, 6) is -2.83. The molecule has 0 atom stereocenters. The molecule has 0 saturated carbocycles. The van der Waals surface area contributed by atoms with Gasteiger partial charge in [-0.25, -0.2) is 9.69 Å². The predicted molar refractivity (Wildman–Crippen MR) is 119 cm³/mol. The molecule has 4 amide bonds. The number of amides is 4. The first-order valence-corrected chi connectivity index (χ1v) is 10.2. The minimum absolute atomic E-state index is 0.0987. The van der Waals surface area contributed by atoms with Crippen LogP contribution in [0.25, 0.3) is 17.4 Å². The number of benzene rings is 2. The van der Waals surface area contributed by atoms with Crippen LogP contribution in [0.1, 0.15) is 21.7 Å². The Balaban J connectivity index is 1.70. The lowest BCUT2D eigenvalue weighted by molar-refractivity contribution is -0.255. The Morgan fingerprint density at radius 2 is 1.79 bits per heavy atom. The number of carboxylic acid groups (broad SMARTS) is 1. The van der Waals surface area contributed by atoms with E-state index in [4.69, 9.17) is 27.6 Å². The average Bonchev–Trinajstić information content (AvgIpc) is 3.22. The fourth-order valence-electron chi connectivity index (χ4n) is 3.17. The number of aryl methyl sites for hydroxylation is 1. The molecule has 0 radical (unpaired) electrons. The van der Waals surface area contributed by atoms with E-state index in [0.29, 0.717) is 5.02 Å². The van der Waals surface area contributed by atoms with Gasteiger partial charge in [-0.3, -0.25) is 14.9 Å². The van der Waals surface area contributed by atoms with Crippen LogP contribution in [-0.4, -0.2) is 23.8 Å². The van der Waals surface area contributed by atoms with Crippen LogP contribution in [0, 0.1) is 6.92 Å². The van der Waals surface area contributed by atoms with E-state index in [1.807, 2.05) is 0 Å². The van der Waals surface area contributed by atoms with Crippen LogP contribution >= 0.6 is 23.2 Å². The highest BCUT2D eigenvalue weighted by Gasteiger charge is 2.37. The highest BCUT2D eigenvalue weighted by atomic mass is 35.5. The van der Waals surface area contributed by atoms with Crippen molar-refractivity contribution < 1.29 is 28.7 Å². The first kappa shape index (κ1) is 22.3. The summed E-state index contributed by atoms with van der Waals surface area (Å²) in [6.45, 7) is 1.77. The van der Waals surface area contributed by atoms with Gasteiger partial charge < -0.3 is 14.3 Å². The van der Waals surface area contributed by atoms with Crippen molar-refractivity contribution in [1.29, 1.82) is 0 Å². The van der Waals surface area contributed by atoms with Crippen LogP contribution in [0.15, 0.2) is 58.5 Å². The normalized spacial score (nSPS) is 15.2. The zero-order valence-corrected chi connectivity index (χ0v) is 18.4. The zero-order valence-electron chi connectivity index (χ0n) is 16.8. The van der Waals surface area contributed by atoms with E-state index in [9.17, 15) is 24.3 Å². The lowest BCUT2D eigenvalue weighted by atomic mass is 10.1. The molecule has 33 heavy (non-hydrogen) atoms. The van der Waals surface area contributed by atoms with Crippen molar-refractivity contribution in [3.05, 3.63) is 81.0 Å². The molecule has 0 bridgehead atoms. The minimum Gasteiger partial charge on any atom is -0.545 e. The smallest absolute Gasteiger partial charge is 0.335 e. The maximum absolute atomic E-state index is 13.0. The Kier molecular flexibility index (Phi) is 5.80. The van der Waals surface area contributed by atoms with Gasteiger partial charge in [-0.2, -0.15) is 0 Å². The van der Waals surface area contributed by atoms with Gasteiger partial charge in [0.15, 0.2) is 0 Å². The minimum atomic E-state index is -1.38. The standard InChI is InChI=1S/C23H14Cl2N2O6/c1-11-2-4-13(9-18(11)25)27-21(29)16(20(28)26-23(27)32)10-14-5-7-19(33-14)15-8-12(22(30)31)3-6-17(15)24/h2-10H,1H3,(H,30,31)(H,26,28,32)/p-1/b16-10-. The molecule has 2 aromatic carbocycles. The topological polar surface area (TPSA) is 120 Å². The van der Waals surface area contributed by atoms with E-state index in [-0.39, 0.29) is 38.9 Å². The summed E-state index contributed by atoms with van der Waals surface area (Å²) in [4.78, 5) is 49.6. The highest BCUT2D eigenvalue weighted by molar-refractivity contribution is 6.39. The van der Waals surface area contributed by atoms with Gasteiger partial charge in [-0.15, -0.1) is 0 Å². The van der Waals surface area contributed by atoms with Crippen molar-refractivity contribution in [2.75, 3.05) is 4.90 Å². The van der Waals surface area contributed by atoms with Crippen LogP contribution in [-0.2, 0) is 9.59 Å². The molecule has 0 unspecified atom stereocenters. The van der Waals surface area contributed by atoms with Crippen molar-refractivity contribution in [3.63, 3.8) is 0 Å². The summed E-state index contributed by atoms with van der Waals surface area (Å²) >= 11 is 12.3. The highest BCUT2D eigenvalue weighted by Crippen LogP contribution is 2.32.